The van der Waals surface area contributed by atoms with Crippen LogP contribution in [0.3, 0.4) is 0 Å². The van der Waals surface area contributed by atoms with Crippen LogP contribution in [-0.2, 0) is 4.84 Å². The van der Waals surface area contributed by atoms with E-state index in [-0.39, 0.29) is 12.4 Å². The highest BCUT2D eigenvalue weighted by Crippen LogP contribution is 2.18. The van der Waals surface area contributed by atoms with Crippen molar-refractivity contribution in [2.24, 2.45) is 5.90 Å². The fourth-order valence-corrected chi connectivity index (χ4v) is 1.20. The Balaban J connectivity index is 0.000000640. The number of hydrogen-bond acceptors (Lipinski definition) is 2. The first-order valence-electron chi connectivity index (χ1n) is 3.29. The summed E-state index contributed by atoms with van der Waals surface area (Å²) in [6.07, 6.45) is 6.64. The molecule has 0 amide bonds. The average molecular weight is 152 g/mol. The smallest absolute Gasteiger partial charge is 0.0787 e. The maximum atomic E-state index is 5.00. The third-order valence-electron chi connectivity index (χ3n) is 1.74. The van der Waals surface area contributed by atoms with Crippen LogP contribution in [0.25, 0.3) is 0 Å². The van der Waals surface area contributed by atoms with Crippen molar-refractivity contribution in [1.82, 2.24) is 0 Å². The first-order chi connectivity index (χ1) is 3.93. The third kappa shape index (κ3) is 3.04. The molecule has 3 heteroatoms. The zero-order chi connectivity index (χ0) is 5.82. The third-order valence-corrected chi connectivity index (χ3v) is 1.74. The molecule has 0 bridgehead atoms. The van der Waals surface area contributed by atoms with Crippen molar-refractivity contribution in [3.05, 3.63) is 0 Å². The summed E-state index contributed by atoms with van der Waals surface area (Å²) >= 11 is 0. The molecule has 0 heterocycles. The van der Waals surface area contributed by atoms with E-state index in [1.54, 1.807) is 0 Å². The fourth-order valence-electron chi connectivity index (χ4n) is 1.20. The molecule has 9 heavy (non-hydrogen) atoms. The number of halogens is 1. The number of hydrogen-bond donors (Lipinski definition) is 1. The Bertz CT molecular complexity index is 64.1. The van der Waals surface area contributed by atoms with Gasteiger partial charge in [-0.3, -0.25) is 0 Å². The van der Waals surface area contributed by atoms with Gasteiger partial charge in [0.15, 0.2) is 0 Å². The van der Waals surface area contributed by atoms with Crippen LogP contribution in [0.1, 0.15) is 32.1 Å². The maximum Gasteiger partial charge on any atom is 0.0787 e. The molecule has 0 aromatic carbocycles. The number of nitrogens with two attached hydrogens (primary N) is 1. The molecule has 1 aliphatic carbocycles. The highest BCUT2D eigenvalue weighted by molar-refractivity contribution is 5.85. The molecule has 0 radical (unpaired) electrons. The normalized spacial score (nSPS) is 21.0. The lowest BCUT2D eigenvalue weighted by atomic mass is 9.98. The van der Waals surface area contributed by atoms with Gasteiger partial charge in [-0.15, -0.1) is 12.4 Å². The van der Waals surface area contributed by atoms with Crippen molar-refractivity contribution in [1.29, 1.82) is 0 Å². The molecule has 2 N–H and O–H groups in total. The molecule has 0 saturated heterocycles. The van der Waals surface area contributed by atoms with E-state index in [0.29, 0.717) is 6.10 Å². The van der Waals surface area contributed by atoms with Crippen molar-refractivity contribution in [2.45, 2.75) is 38.2 Å². The van der Waals surface area contributed by atoms with Gasteiger partial charge < -0.3 is 4.84 Å². The van der Waals surface area contributed by atoms with Crippen LogP contribution in [0.4, 0.5) is 0 Å². The summed E-state index contributed by atoms with van der Waals surface area (Å²) < 4.78 is 0. The Hall–Kier alpha value is 0.210. The van der Waals surface area contributed by atoms with Crippen LogP contribution in [-0.4, -0.2) is 6.10 Å². The summed E-state index contributed by atoms with van der Waals surface area (Å²) in [7, 11) is 0. The van der Waals surface area contributed by atoms with Crippen LogP contribution in [0.2, 0.25) is 0 Å². The minimum atomic E-state index is 0. The van der Waals surface area contributed by atoms with Gasteiger partial charge in [-0.05, 0) is 12.8 Å². The maximum absolute atomic E-state index is 5.00. The van der Waals surface area contributed by atoms with Gasteiger partial charge in [0.2, 0.25) is 0 Å². The summed E-state index contributed by atoms with van der Waals surface area (Å²) in [6.45, 7) is 0. The van der Waals surface area contributed by atoms with E-state index in [0.717, 1.165) is 12.8 Å². The van der Waals surface area contributed by atoms with Crippen molar-refractivity contribution < 1.29 is 4.84 Å². The summed E-state index contributed by atoms with van der Waals surface area (Å²) in [4.78, 5) is 4.69. The van der Waals surface area contributed by atoms with E-state index in [1.165, 1.54) is 19.3 Å². The minimum absolute atomic E-state index is 0. The Morgan fingerprint density at radius 3 is 2.00 bits per heavy atom. The van der Waals surface area contributed by atoms with E-state index in [1.807, 2.05) is 0 Å². The number of rotatable bonds is 1. The van der Waals surface area contributed by atoms with E-state index in [9.17, 15) is 0 Å². The van der Waals surface area contributed by atoms with Crippen LogP contribution >= 0.6 is 12.4 Å². The Morgan fingerprint density at radius 1 is 1.11 bits per heavy atom. The fraction of sp³-hybridized carbons (Fsp3) is 1.00. The van der Waals surface area contributed by atoms with Crippen LogP contribution in [0, 0.1) is 0 Å². The molecule has 56 valence electrons. The Morgan fingerprint density at radius 2 is 1.67 bits per heavy atom. The molecule has 1 aliphatic rings. The van der Waals surface area contributed by atoms with Gasteiger partial charge in [-0.2, -0.15) is 0 Å². The second-order valence-corrected chi connectivity index (χ2v) is 2.40. The molecule has 0 aromatic heterocycles. The van der Waals surface area contributed by atoms with Crippen molar-refractivity contribution in [3.8, 4) is 0 Å². The summed E-state index contributed by atoms with van der Waals surface area (Å²) in [5.74, 6) is 5.00. The van der Waals surface area contributed by atoms with Gasteiger partial charge in [-0.25, -0.2) is 5.90 Å². The predicted molar refractivity (Wildman–Crippen MR) is 39.4 cm³/mol. The SMILES string of the molecule is Cl.NOC1CCCCC1. The molecule has 0 aliphatic heterocycles. The minimum Gasteiger partial charge on any atom is -0.301 e. The van der Waals surface area contributed by atoms with Crippen LogP contribution in [0.15, 0.2) is 0 Å². The van der Waals surface area contributed by atoms with E-state index >= 15 is 0 Å². The van der Waals surface area contributed by atoms with Gasteiger partial charge in [0.1, 0.15) is 0 Å². The monoisotopic (exact) mass is 151 g/mol. The lowest BCUT2D eigenvalue weighted by molar-refractivity contribution is 0.0279. The summed E-state index contributed by atoms with van der Waals surface area (Å²) in [5, 5.41) is 0. The molecular formula is C6H14ClNO. The van der Waals surface area contributed by atoms with Gasteiger partial charge in [-0.1, -0.05) is 19.3 Å². The quantitative estimate of drug-likeness (QED) is 0.579. The second-order valence-electron chi connectivity index (χ2n) is 2.40. The molecule has 0 aromatic rings. The molecule has 0 atom stereocenters. The van der Waals surface area contributed by atoms with Gasteiger partial charge >= 0.3 is 0 Å². The van der Waals surface area contributed by atoms with Crippen LogP contribution in [0.5, 0.6) is 0 Å². The molecular weight excluding hydrogens is 138 g/mol. The van der Waals surface area contributed by atoms with Crippen molar-refractivity contribution in [2.75, 3.05) is 0 Å². The Kier molecular flexibility index (Phi) is 5.15. The molecule has 1 saturated carbocycles. The van der Waals surface area contributed by atoms with E-state index < -0.39 is 0 Å². The van der Waals surface area contributed by atoms with Gasteiger partial charge in [0.25, 0.3) is 0 Å². The average Bonchev–Trinajstić information content (AvgIpc) is 1.90. The lowest BCUT2D eigenvalue weighted by Crippen LogP contribution is -2.19. The molecule has 0 spiro atoms. The Labute approximate surface area is 62.1 Å². The molecule has 2 nitrogen and oxygen atoms in total. The first-order valence-corrected chi connectivity index (χ1v) is 3.29. The standard InChI is InChI=1S/C6H13NO.ClH/c7-8-6-4-2-1-3-5-6;/h6H,1-5,7H2;1H. The zero-order valence-corrected chi connectivity index (χ0v) is 6.32. The zero-order valence-electron chi connectivity index (χ0n) is 5.51. The van der Waals surface area contributed by atoms with Gasteiger partial charge in [0, 0.05) is 0 Å². The predicted octanol–water partition coefficient (Wildman–Crippen LogP) is 1.63. The van der Waals surface area contributed by atoms with E-state index in [4.69, 9.17) is 10.7 Å². The van der Waals surface area contributed by atoms with Crippen molar-refractivity contribution in [3.63, 3.8) is 0 Å². The summed E-state index contributed by atoms with van der Waals surface area (Å²) in [5.41, 5.74) is 0. The lowest BCUT2D eigenvalue weighted by Gasteiger charge is -2.18. The molecule has 0 unspecified atom stereocenters. The summed E-state index contributed by atoms with van der Waals surface area (Å²) in [6, 6.07) is 0. The van der Waals surface area contributed by atoms with Crippen LogP contribution < -0.4 is 5.90 Å². The van der Waals surface area contributed by atoms with Crippen molar-refractivity contribution >= 4 is 12.4 Å². The molecule has 1 fully saturated rings. The van der Waals surface area contributed by atoms with E-state index in [2.05, 4.69) is 0 Å². The largest absolute Gasteiger partial charge is 0.301 e. The molecule has 1 rings (SSSR count). The highest BCUT2D eigenvalue weighted by atomic mass is 35.5. The first kappa shape index (κ1) is 9.21. The topological polar surface area (TPSA) is 35.2 Å². The van der Waals surface area contributed by atoms with Gasteiger partial charge in [0.05, 0.1) is 6.10 Å². The highest BCUT2D eigenvalue weighted by Gasteiger charge is 2.11. The second kappa shape index (κ2) is 5.03.